The van der Waals surface area contributed by atoms with Gasteiger partial charge < -0.3 is 5.32 Å². The van der Waals surface area contributed by atoms with Crippen molar-refractivity contribution in [2.75, 3.05) is 11.1 Å². The number of carbonyl (C=O) groups is 2. The highest BCUT2D eigenvalue weighted by molar-refractivity contribution is 8.01. The Kier molecular flexibility index (Phi) is 4.63. The van der Waals surface area contributed by atoms with Crippen molar-refractivity contribution in [2.45, 2.75) is 42.9 Å². The minimum absolute atomic E-state index is 0.00722. The van der Waals surface area contributed by atoms with Gasteiger partial charge >= 0.3 is 0 Å². The van der Waals surface area contributed by atoms with Crippen molar-refractivity contribution in [3.63, 3.8) is 0 Å². The number of anilines is 1. The molecule has 0 aliphatic heterocycles. The topological polar surface area (TPSA) is 72.0 Å². The number of carbonyl (C=O) groups excluding carboxylic acids is 2. The molecule has 0 bridgehead atoms. The van der Waals surface area contributed by atoms with E-state index in [1.54, 1.807) is 11.8 Å². The number of thioether (sulfide) groups is 1. The zero-order valence-electron chi connectivity index (χ0n) is 12.3. The molecule has 7 heteroatoms. The number of Topliss-reactive ketones (excluding diaryl/α,β-unsaturated/α-hetero) is 1. The van der Waals surface area contributed by atoms with Gasteiger partial charge in [0.25, 0.3) is 0 Å². The van der Waals surface area contributed by atoms with E-state index >= 15 is 0 Å². The van der Waals surface area contributed by atoms with E-state index in [9.17, 15) is 9.59 Å². The lowest BCUT2D eigenvalue weighted by molar-refractivity contribution is -0.143. The summed E-state index contributed by atoms with van der Waals surface area (Å²) in [5.41, 5.74) is -0.0754. The average molecular weight is 337 g/mol. The second-order valence-electron chi connectivity index (χ2n) is 5.94. The van der Waals surface area contributed by atoms with E-state index in [4.69, 9.17) is 0 Å². The Morgan fingerprint density at radius 1 is 1.41 bits per heavy atom. The Morgan fingerprint density at radius 3 is 2.77 bits per heavy atom. The van der Waals surface area contributed by atoms with Crippen LogP contribution in [0.25, 0.3) is 0 Å². The van der Waals surface area contributed by atoms with Crippen LogP contribution >= 0.6 is 23.1 Å². The van der Waals surface area contributed by atoms with E-state index in [1.165, 1.54) is 11.3 Å². The van der Waals surface area contributed by atoms with E-state index in [0.29, 0.717) is 10.9 Å². The van der Waals surface area contributed by atoms with Crippen LogP contribution in [-0.2, 0) is 9.59 Å². The van der Waals surface area contributed by atoms with Gasteiger partial charge in [-0.15, -0.1) is 16.8 Å². The first-order valence-corrected chi connectivity index (χ1v) is 9.34. The molecule has 1 amide bonds. The maximum Gasteiger partial charge on any atom is 0.229 e. The van der Waals surface area contributed by atoms with Gasteiger partial charge in [-0.2, -0.15) is 0 Å². The summed E-state index contributed by atoms with van der Waals surface area (Å²) in [4.78, 5) is 24.0. The fourth-order valence-corrected chi connectivity index (χ4v) is 4.71. The molecule has 0 saturated heterocycles. The molecule has 1 spiro atoms. The van der Waals surface area contributed by atoms with E-state index in [2.05, 4.69) is 22.1 Å². The van der Waals surface area contributed by atoms with Gasteiger partial charge in [-0.1, -0.05) is 29.2 Å². The normalized spacial score (nSPS) is 27.5. The maximum atomic E-state index is 12.3. The number of aromatic nitrogens is 2. The number of amides is 1. The molecular formula is C15H19N3O2S2. The highest BCUT2D eigenvalue weighted by atomic mass is 32.2. The first kappa shape index (κ1) is 15.7. The molecule has 1 N–H and O–H groups in total. The van der Waals surface area contributed by atoms with Crippen molar-refractivity contribution in [1.82, 2.24) is 10.2 Å². The Hall–Kier alpha value is -1.21. The molecule has 22 heavy (non-hydrogen) atoms. The molecule has 2 fully saturated rings. The summed E-state index contributed by atoms with van der Waals surface area (Å²) in [7, 11) is 0. The molecule has 2 aliphatic carbocycles. The van der Waals surface area contributed by atoms with Gasteiger partial charge in [-0.25, -0.2) is 0 Å². The molecule has 118 valence electrons. The monoisotopic (exact) mass is 337 g/mol. The predicted octanol–water partition coefficient (Wildman–Crippen LogP) is 3.29. The summed E-state index contributed by atoms with van der Waals surface area (Å²) in [5, 5.41) is 11.4. The lowest BCUT2D eigenvalue weighted by atomic mass is 9.58. The van der Waals surface area contributed by atoms with Gasteiger partial charge in [0.1, 0.15) is 5.78 Å². The van der Waals surface area contributed by atoms with Crippen LogP contribution in [0.5, 0.6) is 0 Å². The molecule has 0 unspecified atom stereocenters. The molecule has 2 aliphatic rings. The molecule has 2 saturated carbocycles. The van der Waals surface area contributed by atoms with Crippen molar-refractivity contribution in [2.24, 2.45) is 11.3 Å². The van der Waals surface area contributed by atoms with E-state index in [1.807, 2.05) is 6.08 Å². The van der Waals surface area contributed by atoms with Crippen LogP contribution in [0.2, 0.25) is 0 Å². The Morgan fingerprint density at radius 2 is 2.18 bits per heavy atom. The number of nitrogens with one attached hydrogen (secondary N) is 1. The van der Waals surface area contributed by atoms with Gasteiger partial charge in [-0.05, 0) is 32.1 Å². The number of rotatable bonds is 5. The molecule has 1 heterocycles. The van der Waals surface area contributed by atoms with Gasteiger partial charge in [-0.3, -0.25) is 9.59 Å². The van der Waals surface area contributed by atoms with Crippen molar-refractivity contribution in [1.29, 1.82) is 0 Å². The summed E-state index contributed by atoms with van der Waals surface area (Å²) in [6.07, 6.45) is 6.88. The van der Waals surface area contributed by atoms with Gasteiger partial charge in [0.15, 0.2) is 4.34 Å². The molecule has 1 aromatic heterocycles. The summed E-state index contributed by atoms with van der Waals surface area (Å²) in [6.45, 7) is 3.66. The standard InChI is InChI=1S/C15H19N3O2S2/c1-2-9-21-14-18-17-13(22-14)16-12(20)10-3-6-15(7-4-10)8-5-11(15)19/h2,10H,1,3-9H2,(H,16,17,20). The Bertz CT molecular complexity index is 591. The van der Waals surface area contributed by atoms with Gasteiger partial charge in [0.05, 0.1) is 0 Å². The molecule has 3 rings (SSSR count). The van der Waals surface area contributed by atoms with Crippen LogP contribution in [-0.4, -0.2) is 27.6 Å². The maximum absolute atomic E-state index is 12.3. The quantitative estimate of drug-likeness (QED) is 0.507. The lowest BCUT2D eigenvalue weighted by Crippen LogP contribution is -2.44. The minimum Gasteiger partial charge on any atom is -0.300 e. The summed E-state index contributed by atoms with van der Waals surface area (Å²) in [6, 6.07) is 0. The first-order valence-electron chi connectivity index (χ1n) is 7.54. The van der Waals surface area contributed by atoms with Crippen LogP contribution in [0, 0.1) is 11.3 Å². The third-order valence-corrected chi connectivity index (χ3v) is 6.66. The summed E-state index contributed by atoms with van der Waals surface area (Å²) < 4.78 is 0.831. The van der Waals surface area contributed by atoms with Crippen molar-refractivity contribution >= 4 is 39.9 Å². The largest absolute Gasteiger partial charge is 0.300 e. The molecular weight excluding hydrogens is 318 g/mol. The van der Waals surface area contributed by atoms with Crippen LogP contribution < -0.4 is 5.32 Å². The number of ketones is 1. The Labute approximate surface area is 138 Å². The second-order valence-corrected chi connectivity index (χ2v) is 8.18. The van der Waals surface area contributed by atoms with Crippen molar-refractivity contribution in [3.05, 3.63) is 12.7 Å². The lowest BCUT2D eigenvalue weighted by Gasteiger charge is -2.44. The molecule has 0 radical (unpaired) electrons. The fraction of sp³-hybridized carbons (Fsp3) is 0.600. The molecule has 5 nitrogen and oxygen atoms in total. The zero-order chi connectivity index (χ0) is 15.6. The third kappa shape index (κ3) is 3.10. The van der Waals surface area contributed by atoms with Crippen LogP contribution in [0.3, 0.4) is 0 Å². The van der Waals surface area contributed by atoms with Gasteiger partial charge in [0, 0.05) is 23.5 Å². The second kappa shape index (κ2) is 6.50. The van der Waals surface area contributed by atoms with Crippen LogP contribution in [0.4, 0.5) is 5.13 Å². The molecule has 1 aromatic rings. The highest BCUT2D eigenvalue weighted by Gasteiger charge is 2.48. The number of hydrogen-bond acceptors (Lipinski definition) is 6. The first-order chi connectivity index (χ1) is 10.6. The average Bonchev–Trinajstić information content (AvgIpc) is 2.99. The Balaban J connectivity index is 1.51. The number of nitrogens with zero attached hydrogens (tertiary/aromatic N) is 2. The number of hydrogen-bond donors (Lipinski definition) is 1. The summed E-state index contributed by atoms with van der Waals surface area (Å²) in [5.74, 6) is 1.19. The van der Waals surface area contributed by atoms with E-state index in [-0.39, 0.29) is 17.2 Å². The smallest absolute Gasteiger partial charge is 0.229 e. The van der Waals surface area contributed by atoms with Crippen molar-refractivity contribution in [3.8, 4) is 0 Å². The van der Waals surface area contributed by atoms with E-state index in [0.717, 1.165) is 48.6 Å². The van der Waals surface area contributed by atoms with Gasteiger partial charge in [0.2, 0.25) is 11.0 Å². The fourth-order valence-electron chi connectivity index (χ4n) is 3.20. The van der Waals surface area contributed by atoms with Crippen LogP contribution in [0.15, 0.2) is 17.0 Å². The molecule has 0 atom stereocenters. The van der Waals surface area contributed by atoms with Crippen LogP contribution in [0.1, 0.15) is 38.5 Å². The highest BCUT2D eigenvalue weighted by Crippen LogP contribution is 2.50. The predicted molar refractivity (Wildman–Crippen MR) is 88.1 cm³/mol. The minimum atomic E-state index is -0.0754. The molecule has 0 aromatic carbocycles. The van der Waals surface area contributed by atoms with E-state index < -0.39 is 0 Å². The van der Waals surface area contributed by atoms with Crippen molar-refractivity contribution < 1.29 is 9.59 Å². The SMILES string of the molecule is C=CCSc1nnc(NC(=O)C2CCC3(CCC3=O)CC2)s1. The summed E-state index contributed by atoms with van der Waals surface area (Å²) >= 11 is 2.94. The third-order valence-electron chi connectivity index (χ3n) is 4.70. The zero-order valence-corrected chi connectivity index (χ0v) is 14.0.